The molecular weight excluding hydrogens is 226 g/mol. The van der Waals surface area contributed by atoms with Gasteiger partial charge in [0.05, 0.1) is 14.2 Å². The van der Waals surface area contributed by atoms with Gasteiger partial charge < -0.3 is 24.2 Å². The monoisotopic (exact) mass is 239 g/mol. The van der Waals surface area contributed by atoms with Crippen LogP contribution in [0.3, 0.4) is 0 Å². The number of hydrogen-bond donors (Lipinski definition) is 1. The maximum absolute atomic E-state index is 8.45. The fraction of sp³-hybridized carbons (Fsp3) is 0.364. The molecule has 0 spiro atoms. The lowest BCUT2D eigenvalue weighted by Crippen LogP contribution is -1.97. The van der Waals surface area contributed by atoms with E-state index < -0.39 is 0 Å². The van der Waals surface area contributed by atoms with Crippen molar-refractivity contribution in [1.82, 2.24) is 0 Å². The van der Waals surface area contributed by atoms with Crippen molar-refractivity contribution in [3.8, 4) is 23.0 Å². The van der Waals surface area contributed by atoms with Crippen LogP contribution in [-0.2, 0) is 6.42 Å². The first-order chi connectivity index (χ1) is 8.31. The van der Waals surface area contributed by atoms with Crippen LogP contribution in [0.2, 0.25) is 0 Å². The number of nitrogens with zero attached hydrogens (tertiary/aromatic N) is 1. The second-order valence-corrected chi connectivity index (χ2v) is 3.34. The van der Waals surface area contributed by atoms with Gasteiger partial charge in [-0.1, -0.05) is 0 Å². The molecule has 1 aliphatic heterocycles. The largest absolute Gasteiger partial charge is 0.493 e. The molecule has 1 aromatic rings. The Balaban J connectivity index is 2.51. The maximum Gasteiger partial charge on any atom is 0.231 e. The highest BCUT2D eigenvalue weighted by molar-refractivity contribution is 5.69. The molecule has 0 bridgehead atoms. The number of rotatable bonds is 4. The SMILES string of the molecule is COc1cc(C/C=N\O)c(OC)c2c1OCO2. The van der Waals surface area contributed by atoms with Gasteiger partial charge in [0.2, 0.25) is 18.3 Å². The summed E-state index contributed by atoms with van der Waals surface area (Å²) in [4.78, 5) is 0. The first-order valence-electron chi connectivity index (χ1n) is 5.01. The Bertz CT molecular complexity index is 444. The summed E-state index contributed by atoms with van der Waals surface area (Å²) < 4.78 is 21.2. The average molecular weight is 239 g/mol. The van der Waals surface area contributed by atoms with Crippen molar-refractivity contribution in [1.29, 1.82) is 0 Å². The zero-order valence-electron chi connectivity index (χ0n) is 9.60. The van der Waals surface area contributed by atoms with Crippen LogP contribution >= 0.6 is 0 Å². The molecule has 1 N–H and O–H groups in total. The second kappa shape index (κ2) is 4.82. The van der Waals surface area contributed by atoms with Crippen LogP contribution < -0.4 is 18.9 Å². The van der Waals surface area contributed by atoms with Crippen molar-refractivity contribution in [3.05, 3.63) is 11.6 Å². The number of fused-ring (bicyclic) bond motifs is 1. The van der Waals surface area contributed by atoms with Crippen LogP contribution in [0.15, 0.2) is 11.2 Å². The van der Waals surface area contributed by atoms with E-state index >= 15 is 0 Å². The van der Waals surface area contributed by atoms with Crippen molar-refractivity contribution in [2.75, 3.05) is 21.0 Å². The van der Waals surface area contributed by atoms with Gasteiger partial charge in [0.15, 0.2) is 11.5 Å². The van der Waals surface area contributed by atoms with Crippen LogP contribution in [0.25, 0.3) is 0 Å². The molecule has 1 aromatic carbocycles. The van der Waals surface area contributed by atoms with Crippen LogP contribution in [-0.4, -0.2) is 32.4 Å². The highest BCUT2D eigenvalue weighted by Crippen LogP contribution is 2.49. The Labute approximate surface area is 98.3 Å². The van der Waals surface area contributed by atoms with Gasteiger partial charge in [0.25, 0.3) is 0 Å². The number of oxime groups is 1. The highest BCUT2D eigenvalue weighted by atomic mass is 16.7. The van der Waals surface area contributed by atoms with E-state index in [2.05, 4.69) is 5.16 Å². The molecule has 6 nitrogen and oxygen atoms in total. The first kappa shape index (κ1) is 11.4. The quantitative estimate of drug-likeness (QED) is 0.489. The molecule has 6 heteroatoms. The lowest BCUT2D eigenvalue weighted by molar-refractivity contribution is 0.168. The Morgan fingerprint density at radius 2 is 2.12 bits per heavy atom. The summed E-state index contributed by atoms with van der Waals surface area (Å²) in [7, 11) is 3.09. The smallest absolute Gasteiger partial charge is 0.231 e. The molecule has 2 rings (SSSR count). The van der Waals surface area contributed by atoms with Crippen molar-refractivity contribution in [3.63, 3.8) is 0 Å². The molecule has 1 aliphatic rings. The first-order valence-corrected chi connectivity index (χ1v) is 5.01. The van der Waals surface area contributed by atoms with E-state index in [0.29, 0.717) is 29.4 Å². The summed E-state index contributed by atoms with van der Waals surface area (Å²) in [6.45, 7) is 0.138. The minimum Gasteiger partial charge on any atom is -0.493 e. The number of methoxy groups -OCH3 is 2. The third-order valence-corrected chi connectivity index (χ3v) is 2.46. The molecule has 17 heavy (non-hydrogen) atoms. The molecule has 0 radical (unpaired) electrons. The van der Waals surface area contributed by atoms with Crippen molar-refractivity contribution in [2.24, 2.45) is 5.16 Å². The molecule has 0 saturated heterocycles. The summed E-state index contributed by atoms with van der Waals surface area (Å²) in [6, 6.07) is 1.77. The molecule has 0 atom stereocenters. The van der Waals surface area contributed by atoms with Gasteiger partial charge in [-0.2, -0.15) is 0 Å². The molecule has 92 valence electrons. The second-order valence-electron chi connectivity index (χ2n) is 3.34. The summed E-state index contributed by atoms with van der Waals surface area (Å²) in [5.41, 5.74) is 0.798. The van der Waals surface area contributed by atoms with Crippen molar-refractivity contribution in [2.45, 2.75) is 6.42 Å². The van der Waals surface area contributed by atoms with Gasteiger partial charge >= 0.3 is 0 Å². The van der Waals surface area contributed by atoms with Crippen LogP contribution in [0.1, 0.15) is 5.56 Å². The van der Waals surface area contributed by atoms with Gasteiger partial charge in [-0.15, -0.1) is 5.16 Å². The molecule has 0 fully saturated rings. The summed E-state index contributed by atoms with van der Waals surface area (Å²) in [5.74, 6) is 2.19. The topological polar surface area (TPSA) is 69.5 Å². The van der Waals surface area contributed by atoms with E-state index in [1.54, 1.807) is 20.3 Å². The van der Waals surface area contributed by atoms with Crippen LogP contribution in [0.5, 0.6) is 23.0 Å². The van der Waals surface area contributed by atoms with Gasteiger partial charge in [0, 0.05) is 18.2 Å². The molecule has 0 aromatic heterocycles. The van der Waals surface area contributed by atoms with Gasteiger partial charge in [-0.3, -0.25) is 0 Å². The predicted molar refractivity (Wildman–Crippen MR) is 59.7 cm³/mol. The predicted octanol–water partition coefficient (Wildman–Crippen LogP) is 1.43. The van der Waals surface area contributed by atoms with Crippen LogP contribution in [0.4, 0.5) is 0 Å². The summed E-state index contributed by atoms with van der Waals surface area (Å²) >= 11 is 0. The number of benzene rings is 1. The summed E-state index contributed by atoms with van der Waals surface area (Å²) in [5, 5.41) is 11.4. The van der Waals surface area contributed by atoms with Crippen molar-refractivity contribution < 1.29 is 24.2 Å². The highest BCUT2D eigenvalue weighted by Gasteiger charge is 2.26. The molecular formula is C11H13NO5. The number of ether oxygens (including phenoxy) is 4. The van der Waals surface area contributed by atoms with E-state index in [-0.39, 0.29) is 6.79 Å². The minimum absolute atomic E-state index is 0.138. The van der Waals surface area contributed by atoms with Gasteiger partial charge in [0.1, 0.15) is 0 Å². The molecule has 0 aliphatic carbocycles. The average Bonchev–Trinajstić information content (AvgIpc) is 2.83. The lowest BCUT2D eigenvalue weighted by atomic mass is 10.1. The Morgan fingerprint density at radius 1 is 1.35 bits per heavy atom. The Morgan fingerprint density at radius 3 is 2.76 bits per heavy atom. The third kappa shape index (κ3) is 1.93. The molecule has 0 saturated carbocycles. The van der Waals surface area contributed by atoms with Crippen LogP contribution in [0, 0.1) is 0 Å². The normalized spacial score (nSPS) is 13.1. The van der Waals surface area contributed by atoms with E-state index in [1.807, 2.05) is 0 Å². The molecule has 0 unspecified atom stereocenters. The Hall–Kier alpha value is -2.11. The van der Waals surface area contributed by atoms with E-state index in [0.717, 1.165) is 5.56 Å². The van der Waals surface area contributed by atoms with E-state index in [9.17, 15) is 0 Å². The van der Waals surface area contributed by atoms with Crippen molar-refractivity contribution >= 4 is 6.21 Å². The molecule has 1 heterocycles. The standard InChI is InChI=1S/C11H13NO5/c1-14-8-5-7(3-4-12-13)9(15-2)11-10(8)16-6-17-11/h4-5,13H,3,6H2,1-2H3/b12-4-. The fourth-order valence-corrected chi connectivity index (χ4v) is 1.73. The van der Waals surface area contributed by atoms with Gasteiger partial charge in [-0.25, -0.2) is 0 Å². The van der Waals surface area contributed by atoms with E-state index in [4.69, 9.17) is 24.2 Å². The lowest BCUT2D eigenvalue weighted by Gasteiger charge is -2.12. The fourth-order valence-electron chi connectivity index (χ4n) is 1.73. The zero-order chi connectivity index (χ0) is 12.3. The third-order valence-electron chi connectivity index (χ3n) is 2.46. The number of hydrogen-bond acceptors (Lipinski definition) is 6. The zero-order valence-corrected chi connectivity index (χ0v) is 9.60. The van der Waals surface area contributed by atoms with E-state index in [1.165, 1.54) is 6.21 Å². The minimum atomic E-state index is 0.138. The van der Waals surface area contributed by atoms with Gasteiger partial charge in [-0.05, 0) is 6.07 Å². The maximum atomic E-state index is 8.45. The summed E-state index contributed by atoms with van der Waals surface area (Å²) in [6.07, 6.45) is 1.77. The molecule has 0 amide bonds. The Kier molecular flexibility index (Phi) is 3.22.